The van der Waals surface area contributed by atoms with Gasteiger partial charge in [0, 0.05) is 6.42 Å². The summed E-state index contributed by atoms with van der Waals surface area (Å²) in [5.41, 5.74) is 2.68. The molecular formula is C29H39FO3. The highest BCUT2D eigenvalue weighted by Crippen LogP contribution is 2.38. The molecule has 0 heterocycles. The molecule has 0 radical (unpaired) electrons. The van der Waals surface area contributed by atoms with Gasteiger partial charge in [-0.05, 0) is 80.5 Å². The lowest BCUT2D eigenvalue weighted by Crippen LogP contribution is -2.13. The smallest absolute Gasteiger partial charge is 0.207 e. The second-order valence-electron chi connectivity index (χ2n) is 9.44. The Balaban J connectivity index is 1.45. The van der Waals surface area contributed by atoms with Crippen molar-refractivity contribution in [2.24, 2.45) is 5.92 Å². The Kier molecular flexibility index (Phi) is 9.77. The van der Waals surface area contributed by atoms with E-state index in [-0.39, 0.29) is 23.5 Å². The van der Waals surface area contributed by atoms with Crippen LogP contribution in [0.3, 0.4) is 0 Å². The van der Waals surface area contributed by atoms with Gasteiger partial charge in [0.15, 0.2) is 17.3 Å². The number of phenols is 1. The molecule has 0 unspecified atom stereocenters. The molecule has 1 aliphatic carbocycles. The Labute approximate surface area is 198 Å². The number of ketones is 1. The van der Waals surface area contributed by atoms with Gasteiger partial charge >= 0.3 is 0 Å². The molecule has 3 rings (SSSR count). The number of benzene rings is 2. The van der Waals surface area contributed by atoms with E-state index in [9.17, 15) is 14.3 Å². The van der Waals surface area contributed by atoms with Crippen molar-refractivity contribution in [2.75, 3.05) is 6.61 Å². The first-order valence-electron chi connectivity index (χ1n) is 12.8. The zero-order chi connectivity index (χ0) is 23.6. The average Bonchev–Trinajstić information content (AvgIpc) is 2.83. The van der Waals surface area contributed by atoms with E-state index in [0.29, 0.717) is 18.9 Å². The summed E-state index contributed by atoms with van der Waals surface area (Å²) in [4.78, 5) is 12.5. The van der Waals surface area contributed by atoms with E-state index >= 15 is 0 Å². The first kappa shape index (κ1) is 25.3. The molecule has 0 aliphatic heterocycles. The van der Waals surface area contributed by atoms with Gasteiger partial charge in [-0.1, -0.05) is 56.9 Å². The number of unbranched alkanes of at least 4 members (excludes halogenated alkanes) is 2. The Morgan fingerprint density at radius 1 is 1.00 bits per heavy atom. The van der Waals surface area contributed by atoms with E-state index in [4.69, 9.17) is 4.74 Å². The van der Waals surface area contributed by atoms with Gasteiger partial charge in [0.05, 0.1) is 12.2 Å². The molecule has 2 aromatic carbocycles. The third kappa shape index (κ3) is 7.06. The third-order valence-electron chi connectivity index (χ3n) is 7.06. The molecule has 0 spiro atoms. The van der Waals surface area contributed by atoms with Crippen molar-refractivity contribution in [2.45, 2.75) is 90.4 Å². The molecule has 180 valence electrons. The van der Waals surface area contributed by atoms with Gasteiger partial charge in [-0.15, -0.1) is 0 Å². The first-order valence-corrected chi connectivity index (χ1v) is 12.8. The molecule has 0 aromatic heterocycles. The number of Topliss-reactive ketones (excluding diaryl/α,β-unsaturated/α-hetero) is 1. The maximum Gasteiger partial charge on any atom is 0.207 e. The molecule has 1 aliphatic rings. The summed E-state index contributed by atoms with van der Waals surface area (Å²) < 4.78 is 19.3. The van der Waals surface area contributed by atoms with Crippen LogP contribution in [0.4, 0.5) is 4.39 Å². The average molecular weight is 455 g/mol. The summed E-state index contributed by atoms with van der Waals surface area (Å²) in [5.74, 6) is -0.157. The van der Waals surface area contributed by atoms with E-state index in [1.165, 1.54) is 74.6 Å². The number of rotatable bonds is 12. The fourth-order valence-electron chi connectivity index (χ4n) is 5.05. The number of phenolic OH excluding ortho intramolecular Hbond substituents is 1. The minimum absolute atomic E-state index is 0.0246. The lowest BCUT2D eigenvalue weighted by Gasteiger charge is -2.29. The van der Waals surface area contributed by atoms with Crippen LogP contribution in [0.25, 0.3) is 0 Å². The second-order valence-corrected chi connectivity index (χ2v) is 9.44. The minimum atomic E-state index is -0.867. The predicted molar refractivity (Wildman–Crippen MR) is 132 cm³/mol. The van der Waals surface area contributed by atoms with Crippen LogP contribution in [0.5, 0.6) is 11.5 Å². The molecule has 0 atom stereocenters. The normalized spacial score (nSPS) is 18.3. The Morgan fingerprint density at radius 3 is 2.39 bits per heavy atom. The third-order valence-corrected chi connectivity index (χ3v) is 7.06. The van der Waals surface area contributed by atoms with Gasteiger partial charge in [0.1, 0.15) is 0 Å². The molecule has 1 saturated carbocycles. The second kappa shape index (κ2) is 12.8. The highest BCUT2D eigenvalue weighted by Gasteiger charge is 2.22. The van der Waals surface area contributed by atoms with Crippen LogP contribution in [0.1, 0.15) is 105 Å². The van der Waals surface area contributed by atoms with Crippen molar-refractivity contribution in [1.29, 1.82) is 0 Å². The first-order chi connectivity index (χ1) is 16.0. The number of ether oxygens (including phenoxy) is 1. The minimum Gasteiger partial charge on any atom is -0.504 e. The molecular weight excluding hydrogens is 415 g/mol. The van der Waals surface area contributed by atoms with E-state index in [1.807, 2.05) is 0 Å². The molecule has 0 saturated heterocycles. The lowest BCUT2D eigenvalue weighted by molar-refractivity contribution is 0.0976. The standard InChI is InChI=1S/C29H39FO3/c1-3-5-6-8-21-11-15-23(16-12-21)24-17-13-22(14-18-24)9-7-10-26(31)25-19-20-27(33-4-2)28(30)29(25)32/h13-14,17-21,23,32H,3-12,15-16H2,1-2H3. The summed E-state index contributed by atoms with van der Waals surface area (Å²) in [5, 5.41) is 10.0. The zero-order valence-corrected chi connectivity index (χ0v) is 20.2. The SMILES string of the molecule is CCCCCC1CCC(c2ccc(CCCC(=O)c3ccc(OCC)c(F)c3O)cc2)CC1. The fourth-order valence-corrected chi connectivity index (χ4v) is 5.05. The molecule has 0 amide bonds. The van der Waals surface area contributed by atoms with E-state index in [1.54, 1.807) is 6.92 Å². The number of hydrogen-bond acceptors (Lipinski definition) is 3. The van der Waals surface area contributed by atoms with Gasteiger partial charge in [-0.2, -0.15) is 4.39 Å². The summed E-state index contributed by atoms with van der Waals surface area (Å²) in [6.07, 6.45) is 12.5. The van der Waals surface area contributed by atoms with Crippen molar-refractivity contribution in [3.05, 3.63) is 58.9 Å². The highest BCUT2D eigenvalue weighted by molar-refractivity contribution is 5.98. The monoisotopic (exact) mass is 454 g/mol. The van der Waals surface area contributed by atoms with Gasteiger partial charge in [0.25, 0.3) is 0 Å². The summed E-state index contributed by atoms with van der Waals surface area (Å²) >= 11 is 0. The molecule has 33 heavy (non-hydrogen) atoms. The molecule has 3 nitrogen and oxygen atoms in total. The molecule has 0 bridgehead atoms. The van der Waals surface area contributed by atoms with E-state index in [2.05, 4.69) is 31.2 Å². The zero-order valence-electron chi connectivity index (χ0n) is 20.2. The number of halogens is 1. The van der Waals surface area contributed by atoms with Crippen LogP contribution in [-0.4, -0.2) is 17.5 Å². The van der Waals surface area contributed by atoms with Gasteiger partial charge in [-0.3, -0.25) is 4.79 Å². The lowest BCUT2D eigenvalue weighted by atomic mass is 9.77. The maximum absolute atomic E-state index is 14.2. The highest BCUT2D eigenvalue weighted by atomic mass is 19.1. The number of hydrogen-bond donors (Lipinski definition) is 1. The van der Waals surface area contributed by atoms with Gasteiger partial charge in [0.2, 0.25) is 5.82 Å². The van der Waals surface area contributed by atoms with Crippen LogP contribution < -0.4 is 4.74 Å². The van der Waals surface area contributed by atoms with Crippen LogP contribution >= 0.6 is 0 Å². The molecule has 1 fully saturated rings. The fraction of sp³-hybridized carbons (Fsp3) is 0.552. The Morgan fingerprint density at radius 2 is 1.73 bits per heavy atom. The topological polar surface area (TPSA) is 46.5 Å². The van der Waals surface area contributed by atoms with Crippen LogP contribution in [-0.2, 0) is 6.42 Å². The Hall–Kier alpha value is -2.36. The molecule has 4 heteroatoms. The van der Waals surface area contributed by atoms with Gasteiger partial charge < -0.3 is 9.84 Å². The van der Waals surface area contributed by atoms with Crippen LogP contribution in [0.15, 0.2) is 36.4 Å². The quantitative estimate of drug-likeness (QED) is 0.261. The van der Waals surface area contributed by atoms with Crippen LogP contribution in [0, 0.1) is 11.7 Å². The summed E-state index contributed by atoms with van der Waals surface area (Å²) in [7, 11) is 0. The van der Waals surface area contributed by atoms with Crippen molar-refractivity contribution >= 4 is 5.78 Å². The summed E-state index contributed by atoms with van der Waals surface area (Å²) in [6.45, 7) is 4.30. The number of carbonyl (C=O) groups is 1. The van der Waals surface area contributed by atoms with E-state index in [0.717, 1.165) is 12.3 Å². The Bertz CT molecular complexity index is 882. The number of aromatic hydroxyl groups is 1. The maximum atomic E-state index is 14.2. The van der Waals surface area contributed by atoms with Gasteiger partial charge in [-0.25, -0.2) is 0 Å². The predicted octanol–water partition coefficient (Wildman–Crippen LogP) is 7.99. The largest absolute Gasteiger partial charge is 0.504 e. The van der Waals surface area contributed by atoms with E-state index < -0.39 is 11.6 Å². The summed E-state index contributed by atoms with van der Waals surface area (Å²) in [6, 6.07) is 11.7. The van der Waals surface area contributed by atoms with Crippen molar-refractivity contribution < 1.29 is 19.0 Å². The molecule has 1 N–H and O–H groups in total. The van der Waals surface area contributed by atoms with Crippen molar-refractivity contribution in [3.8, 4) is 11.5 Å². The van der Waals surface area contributed by atoms with Crippen molar-refractivity contribution in [3.63, 3.8) is 0 Å². The number of aryl methyl sites for hydroxylation is 1. The van der Waals surface area contributed by atoms with Crippen LogP contribution in [0.2, 0.25) is 0 Å². The van der Waals surface area contributed by atoms with Crippen molar-refractivity contribution in [1.82, 2.24) is 0 Å². The number of carbonyl (C=O) groups excluding carboxylic acids is 1. The molecule has 2 aromatic rings.